The molecule has 0 saturated heterocycles. The zero-order chi connectivity index (χ0) is 13.3. The molecule has 102 valence electrons. The highest BCUT2D eigenvalue weighted by Crippen LogP contribution is 2.48. The lowest BCUT2D eigenvalue weighted by Gasteiger charge is -2.15. The Balaban J connectivity index is 1.81. The van der Waals surface area contributed by atoms with Crippen molar-refractivity contribution in [1.82, 2.24) is 9.97 Å². The average molecular weight is 277 g/mol. The summed E-state index contributed by atoms with van der Waals surface area (Å²) in [6.45, 7) is 3.25. The summed E-state index contributed by atoms with van der Waals surface area (Å²) in [5.41, 5.74) is 0.300. The molecule has 0 unspecified atom stereocenters. The summed E-state index contributed by atoms with van der Waals surface area (Å²) in [6, 6.07) is 2.08. The van der Waals surface area contributed by atoms with Crippen LogP contribution in [0.2, 0.25) is 0 Å². The number of hydrogen-bond acceptors (Lipinski definition) is 5. The molecule has 0 spiro atoms. The third-order valence-corrected chi connectivity index (χ3v) is 4.72. The van der Waals surface area contributed by atoms with Gasteiger partial charge in [-0.2, -0.15) is 0 Å². The van der Waals surface area contributed by atoms with Crippen LogP contribution < -0.4 is 5.32 Å². The van der Waals surface area contributed by atoms with Crippen LogP contribution in [0.4, 0.5) is 5.82 Å². The normalized spacial score (nSPS) is 16.7. The van der Waals surface area contributed by atoms with Gasteiger partial charge < -0.3 is 10.4 Å². The van der Waals surface area contributed by atoms with Crippen molar-refractivity contribution in [3.05, 3.63) is 17.3 Å². The summed E-state index contributed by atoms with van der Waals surface area (Å²) in [7, 11) is 0. The van der Waals surface area contributed by atoms with Crippen molar-refractivity contribution in [2.75, 3.05) is 18.5 Å². The lowest BCUT2D eigenvalue weighted by molar-refractivity contribution is 0.253. The fourth-order valence-corrected chi connectivity index (χ4v) is 3.18. The zero-order valence-electron chi connectivity index (χ0n) is 11.1. The number of aliphatic hydroxyl groups excluding tert-OH is 1. The van der Waals surface area contributed by atoms with Gasteiger partial charge in [-0.1, -0.05) is 6.92 Å². The monoisotopic (exact) mass is 277 g/mol. The minimum Gasteiger partial charge on any atom is -0.396 e. The first-order valence-electron chi connectivity index (χ1n) is 6.85. The smallest absolute Gasteiger partial charge is 0.138 e. The van der Waals surface area contributed by atoms with Gasteiger partial charge in [-0.3, -0.25) is 0 Å². The van der Waals surface area contributed by atoms with E-state index in [1.54, 1.807) is 11.3 Å². The Morgan fingerprint density at radius 1 is 1.42 bits per heavy atom. The van der Waals surface area contributed by atoms with Crippen molar-refractivity contribution >= 4 is 27.4 Å². The predicted molar refractivity (Wildman–Crippen MR) is 78.7 cm³/mol. The molecule has 1 fully saturated rings. The van der Waals surface area contributed by atoms with Crippen LogP contribution in [0.3, 0.4) is 0 Å². The fraction of sp³-hybridized carbons (Fsp3) is 0.571. The summed E-state index contributed by atoms with van der Waals surface area (Å²) < 4.78 is 0. The number of aromatic nitrogens is 2. The van der Waals surface area contributed by atoms with Gasteiger partial charge >= 0.3 is 0 Å². The van der Waals surface area contributed by atoms with Gasteiger partial charge in [-0.05, 0) is 36.1 Å². The number of anilines is 1. The van der Waals surface area contributed by atoms with Crippen molar-refractivity contribution in [2.45, 2.75) is 32.6 Å². The van der Waals surface area contributed by atoms with Gasteiger partial charge in [0.05, 0.1) is 5.39 Å². The van der Waals surface area contributed by atoms with Crippen molar-refractivity contribution in [3.63, 3.8) is 0 Å². The molecule has 0 atom stereocenters. The highest BCUT2D eigenvalue weighted by Gasteiger charge is 2.41. The molecule has 4 nitrogen and oxygen atoms in total. The van der Waals surface area contributed by atoms with Gasteiger partial charge in [0.1, 0.15) is 16.5 Å². The molecule has 0 radical (unpaired) electrons. The van der Waals surface area contributed by atoms with Crippen LogP contribution in [0.25, 0.3) is 10.2 Å². The van der Waals surface area contributed by atoms with Gasteiger partial charge in [0.25, 0.3) is 0 Å². The third kappa shape index (κ3) is 2.58. The second-order valence-corrected chi connectivity index (χ2v) is 6.20. The summed E-state index contributed by atoms with van der Waals surface area (Å²) in [6.07, 6.45) is 4.15. The van der Waals surface area contributed by atoms with Gasteiger partial charge in [-0.25, -0.2) is 9.97 Å². The van der Waals surface area contributed by atoms with Crippen LogP contribution in [0, 0.1) is 5.41 Å². The third-order valence-electron chi connectivity index (χ3n) is 3.92. The summed E-state index contributed by atoms with van der Waals surface area (Å²) >= 11 is 1.66. The number of hydrogen-bond donors (Lipinski definition) is 2. The first-order valence-corrected chi connectivity index (χ1v) is 7.73. The van der Waals surface area contributed by atoms with Gasteiger partial charge in [0.2, 0.25) is 0 Å². The molecule has 1 aliphatic carbocycles. The molecule has 2 aromatic rings. The van der Waals surface area contributed by atoms with E-state index < -0.39 is 0 Å². The highest BCUT2D eigenvalue weighted by molar-refractivity contribution is 7.16. The van der Waals surface area contributed by atoms with Crippen molar-refractivity contribution in [3.8, 4) is 0 Å². The first kappa shape index (κ1) is 12.8. The molecule has 3 rings (SSSR count). The Hall–Kier alpha value is -1.20. The Labute approximate surface area is 116 Å². The van der Waals surface area contributed by atoms with Crippen molar-refractivity contribution < 1.29 is 5.11 Å². The maximum Gasteiger partial charge on any atom is 0.138 e. The number of aliphatic hydroxyl groups is 1. The largest absolute Gasteiger partial charge is 0.396 e. The Morgan fingerprint density at radius 3 is 2.95 bits per heavy atom. The number of fused-ring (bicyclic) bond motifs is 1. The maximum atomic E-state index is 9.11. The Morgan fingerprint density at radius 2 is 2.26 bits per heavy atom. The van der Waals surface area contributed by atoms with E-state index in [0.717, 1.165) is 41.2 Å². The van der Waals surface area contributed by atoms with Crippen LogP contribution in [0.15, 0.2) is 11.4 Å². The van der Waals surface area contributed by atoms with E-state index in [0.29, 0.717) is 5.41 Å². The van der Waals surface area contributed by atoms with Crippen LogP contribution >= 0.6 is 11.3 Å². The van der Waals surface area contributed by atoms with E-state index >= 15 is 0 Å². The van der Waals surface area contributed by atoms with E-state index in [9.17, 15) is 0 Å². The number of aryl methyl sites for hydroxylation is 1. The Kier molecular flexibility index (Phi) is 3.41. The molecule has 0 aliphatic heterocycles. The first-order chi connectivity index (χ1) is 9.26. The molecule has 2 heterocycles. The molecule has 0 bridgehead atoms. The topological polar surface area (TPSA) is 58.0 Å². The maximum absolute atomic E-state index is 9.11. The van der Waals surface area contributed by atoms with Crippen LogP contribution in [0.5, 0.6) is 0 Å². The van der Waals surface area contributed by atoms with E-state index in [1.807, 2.05) is 0 Å². The molecule has 2 aromatic heterocycles. The lowest BCUT2D eigenvalue weighted by atomic mass is 10.0. The molecule has 1 saturated carbocycles. The standard InChI is InChI=1S/C14H19N3OS/c1-2-11-16-12(10-3-8-19-13(10)17-11)15-9-14(4-5-14)6-7-18/h3,8,18H,2,4-7,9H2,1H3,(H,15,16,17). The predicted octanol–water partition coefficient (Wildman–Crippen LogP) is 2.83. The van der Waals surface area contributed by atoms with E-state index in [2.05, 4.69) is 33.7 Å². The number of thiophene rings is 1. The molecule has 0 amide bonds. The number of rotatable bonds is 6. The van der Waals surface area contributed by atoms with Crippen molar-refractivity contribution in [1.29, 1.82) is 0 Å². The SMILES string of the molecule is CCc1nc(NCC2(CCO)CC2)c2ccsc2n1. The van der Waals surface area contributed by atoms with Gasteiger partial charge in [0, 0.05) is 19.6 Å². The molecule has 19 heavy (non-hydrogen) atoms. The number of nitrogens with zero attached hydrogens (tertiary/aromatic N) is 2. The van der Waals surface area contributed by atoms with Gasteiger partial charge in [0.15, 0.2) is 0 Å². The molecular weight excluding hydrogens is 258 g/mol. The zero-order valence-corrected chi connectivity index (χ0v) is 12.0. The summed E-state index contributed by atoms with van der Waals surface area (Å²) in [4.78, 5) is 10.2. The van der Waals surface area contributed by atoms with E-state index in [-0.39, 0.29) is 6.61 Å². The summed E-state index contributed by atoms with van der Waals surface area (Å²) in [5.74, 6) is 1.84. The fourth-order valence-electron chi connectivity index (χ4n) is 2.39. The van der Waals surface area contributed by atoms with Gasteiger partial charge in [-0.15, -0.1) is 11.3 Å². The molecule has 1 aliphatic rings. The van der Waals surface area contributed by atoms with Crippen LogP contribution in [-0.4, -0.2) is 28.2 Å². The van der Waals surface area contributed by atoms with Crippen LogP contribution in [0.1, 0.15) is 32.0 Å². The van der Waals surface area contributed by atoms with E-state index in [1.165, 1.54) is 12.8 Å². The highest BCUT2D eigenvalue weighted by atomic mass is 32.1. The van der Waals surface area contributed by atoms with E-state index in [4.69, 9.17) is 5.11 Å². The molecular formula is C14H19N3OS. The lowest BCUT2D eigenvalue weighted by Crippen LogP contribution is -2.18. The second kappa shape index (κ2) is 5.06. The molecule has 0 aromatic carbocycles. The minimum absolute atomic E-state index is 0.277. The quantitative estimate of drug-likeness (QED) is 0.852. The minimum atomic E-state index is 0.277. The number of nitrogens with one attached hydrogen (secondary N) is 1. The average Bonchev–Trinajstić information content (AvgIpc) is 3.02. The second-order valence-electron chi connectivity index (χ2n) is 5.31. The Bertz CT molecular complexity index is 577. The molecule has 5 heteroatoms. The summed E-state index contributed by atoms with van der Waals surface area (Å²) in [5, 5.41) is 15.8. The van der Waals surface area contributed by atoms with Crippen LogP contribution in [-0.2, 0) is 6.42 Å². The molecule has 2 N–H and O–H groups in total. The van der Waals surface area contributed by atoms with Crippen molar-refractivity contribution in [2.24, 2.45) is 5.41 Å².